The van der Waals surface area contributed by atoms with Crippen LogP contribution in [0.5, 0.6) is 0 Å². The zero-order valence-corrected chi connectivity index (χ0v) is 17.0. The van der Waals surface area contributed by atoms with Gasteiger partial charge in [-0.3, -0.25) is 0 Å². The van der Waals surface area contributed by atoms with Gasteiger partial charge in [-0.15, -0.1) is 0 Å². The Morgan fingerprint density at radius 1 is 0.444 bits per heavy atom. The Bertz CT molecular complexity index is 1060. The zero-order chi connectivity index (χ0) is 18.2. The van der Waals surface area contributed by atoms with Gasteiger partial charge in [0.05, 0.1) is 0 Å². The third kappa shape index (κ3) is 2.94. The zero-order valence-electron chi connectivity index (χ0n) is 14.8. The van der Waals surface area contributed by atoms with Crippen LogP contribution < -0.4 is 32.8 Å². The van der Waals surface area contributed by atoms with Crippen molar-refractivity contribution in [1.29, 1.82) is 0 Å². The van der Waals surface area contributed by atoms with E-state index in [1.807, 2.05) is 0 Å². The molecule has 5 rings (SSSR count). The van der Waals surface area contributed by atoms with E-state index in [1.54, 1.807) is 0 Å². The first kappa shape index (κ1) is 16.9. The van der Waals surface area contributed by atoms with Gasteiger partial charge >= 0.3 is 0 Å². The molecule has 0 spiro atoms. The molecular weight excluding hydrogens is 437 g/mol. The standard InChI is InChI=1S/C24H17B2I/c27-20-12-8-11-19(17-20)26-23-15-6-4-13-21(23)25(18-9-2-1-3-10-18)22-14-5-7-16-24(22)26/h1-17H. The summed E-state index contributed by atoms with van der Waals surface area (Å²) in [5.74, 6) is 0. The van der Waals surface area contributed by atoms with Gasteiger partial charge in [0.15, 0.2) is 0 Å². The van der Waals surface area contributed by atoms with Crippen molar-refractivity contribution in [2.75, 3.05) is 0 Å². The van der Waals surface area contributed by atoms with Gasteiger partial charge in [0.2, 0.25) is 13.4 Å². The molecule has 4 aromatic carbocycles. The average Bonchev–Trinajstić information content (AvgIpc) is 2.72. The van der Waals surface area contributed by atoms with Crippen molar-refractivity contribution in [3.8, 4) is 0 Å². The lowest BCUT2D eigenvalue weighted by Gasteiger charge is -2.32. The van der Waals surface area contributed by atoms with Crippen molar-refractivity contribution in [2.45, 2.75) is 0 Å². The maximum atomic E-state index is 2.41. The van der Waals surface area contributed by atoms with E-state index in [2.05, 4.69) is 126 Å². The Morgan fingerprint density at radius 3 is 1.41 bits per heavy atom. The van der Waals surface area contributed by atoms with Crippen LogP contribution in [0, 0.1) is 3.57 Å². The fourth-order valence-electron chi connectivity index (χ4n) is 4.46. The van der Waals surface area contributed by atoms with Gasteiger partial charge in [-0.25, -0.2) is 0 Å². The van der Waals surface area contributed by atoms with Crippen LogP contribution in [0.3, 0.4) is 0 Å². The van der Waals surface area contributed by atoms with Gasteiger partial charge in [-0.1, -0.05) is 130 Å². The van der Waals surface area contributed by atoms with E-state index < -0.39 is 0 Å². The van der Waals surface area contributed by atoms with E-state index in [4.69, 9.17) is 0 Å². The van der Waals surface area contributed by atoms with Gasteiger partial charge in [-0.2, -0.15) is 0 Å². The van der Waals surface area contributed by atoms with E-state index in [9.17, 15) is 0 Å². The van der Waals surface area contributed by atoms with Crippen LogP contribution in [0.15, 0.2) is 103 Å². The van der Waals surface area contributed by atoms with Crippen molar-refractivity contribution in [2.24, 2.45) is 0 Å². The van der Waals surface area contributed by atoms with Gasteiger partial charge in [-0.05, 0) is 28.7 Å². The van der Waals surface area contributed by atoms with Crippen LogP contribution in [0.2, 0.25) is 0 Å². The summed E-state index contributed by atoms with van der Waals surface area (Å²) in [6.07, 6.45) is 0. The minimum atomic E-state index is 0.284. The molecule has 4 aromatic rings. The maximum Gasteiger partial charge on any atom is 0.240 e. The molecular formula is C24H17B2I. The summed E-state index contributed by atoms with van der Waals surface area (Å²) in [7, 11) is 0. The van der Waals surface area contributed by atoms with Gasteiger partial charge in [0.25, 0.3) is 0 Å². The second kappa shape index (κ2) is 7.05. The number of benzene rings is 4. The summed E-state index contributed by atoms with van der Waals surface area (Å²) >= 11 is 2.41. The minimum Gasteiger partial charge on any atom is -0.0733 e. The molecule has 0 N–H and O–H groups in total. The van der Waals surface area contributed by atoms with Crippen LogP contribution in [-0.4, -0.2) is 13.4 Å². The van der Waals surface area contributed by atoms with E-state index in [0.717, 1.165) is 0 Å². The molecule has 27 heavy (non-hydrogen) atoms. The molecule has 0 saturated heterocycles. The van der Waals surface area contributed by atoms with Crippen molar-refractivity contribution < 1.29 is 0 Å². The lowest BCUT2D eigenvalue weighted by atomic mass is 9.21. The molecule has 0 aliphatic carbocycles. The number of hydrogen-bond acceptors (Lipinski definition) is 0. The van der Waals surface area contributed by atoms with Crippen LogP contribution >= 0.6 is 22.6 Å². The minimum absolute atomic E-state index is 0.284. The maximum absolute atomic E-state index is 2.41. The molecule has 1 aliphatic rings. The van der Waals surface area contributed by atoms with Crippen molar-refractivity contribution in [3.05, 3.63) is 107 Å². The Hall–Kier alpha value is -2.26. The topological polar surface area (TPSA) is 0 Å². The number of fused-ring (bicyclic) bond motifs is 2. The molecule has 0 bridgehead atoms. The molecule has 0 amide bonds. The van der Waals surface area contributed by atoms with Gasteiger partial charge in [0, 0.05) is 3.57 Å². The van der Waals surface area contributed by atoms with Crippen LogP contribution in [0.4, 0.5) is 0 Å². The first-order valence-electron chi connectivity index (χ1n) is 9.31. The molecule has 0 saturated carbocycles. The molecule has 0 radical (unpaired) electrons. The second-order valence-electron chi connectivity index (χ2n) is 7.09. The van der Waals surface area contributed by atoms with Crippen molar-refractivity contribution in [3.63, 3.8) is 0 Å². The average molecular weight is 454 g/mol. The lowest BCUT2D eigenvalue weighted by molar-refractivity contribution is 1.67. The molecule has 0 aromatic heterocycles. The molecule has 1 heterocycles. The second-order valence-corrected chi connectivity index (χ2v) is 8.34. The molecule has 1 aliphatic heterocycles. The molecule has 0 nitrogen and oxygen atoms in total. The first-order valence-corrected chi connectivity index (χ1v) is 10.4. The summed E-state index contributed by atoms with van der Waals surface area (Å²) in [5.41, 5.74) is 8.42. The Balaban J connectivity index is 1.80. The van der Waals surface area contributed by atoms with Crippen LogP contribution in [-0.2, 0) is 0 Å². The number of hydrogen-bond donors (Lipinski definition) is 0. The third-order valence-corrected chi connectivity index (χ3v) is 6.22. The summed E-state index contributed by atoms with van der Waals surface area (Å²) in [6, 6.07) is 37.8. The first-order chi connectivity index (χ1) is 13.3. The lowest BCUT2D eigenvalue weighted by Crippen LogP contribution is -2.74. The highest BCUT2D eigenvalue weighted by molar-refractivity contribution is 14.1. The Morgan fingerprint density at radius 2 is 0.889 bits per heavy atom. The fourth-order valence-corrected chi connectivity index (χ4v) is 5.03. The molecule has 0 unspecified atom stereocenters. The monoisotopic (exact) mass is 454 g/mol. The summed E-state index contributed by atoms with van der Waals surface area (Å²) < 4.78 is 1.28. The largest absolute Gasteiger partial charge is 0.240 e. The van der Waals surface area contributed by atoms with E-state index >= 15 is 0 Å². The highest BCUT2D eigenvalue weighted by Crippen LogP contribution is 2.05. The Labute approximate surface area is 175 Å². The number of halogens is 1. The predicted molar refractivity (Wildman–Crippen MR) is 128 cm³/mol. The summed E-state index contributed by atoms with van der Waals surface area (Å²) in [5, 5.41) is 0. The van der Waals surface area contributed by atoms with Crippen LogP contribution in [0.1, 0.15) is 0 Å². The number of rotatable bonds is 2. The molecule has 0 atom stereocenters. The molecule has 3 heteroatoms. The third-order valence-electron chi connectivity index (χ3n) is 5.55. The molecule has 126 valence electrons. The van der Waals surface area contributed by atoms with Crippen LogP contribution in [0.25, 0.3) is 0 Å². The normalized spacial score (nSPS) is 12.5. The fraction of sp³-hybridized carbons (Fsp3) is 0. The van der Waals surface area contributed by atoms with E-state index in [-0.39, 0.29) is 13.4 Å². The highest BCUT2D eigenvalue weighted by atomic mass is 127. The SMILES string of the molecule is Ic1cccc(B2c3ccccc3B(c3ccccc3)c3ccccc32)c1. The Kier molecular flexibility index (Phi) is 4.41. The predicted octanol–water partition coefficient (Wildman–Crippen LogP) is 1.64. The highest BCUT2D eigenvalue weighted by Gasteiger charge is 2.37. The summed E-state index contributed by atoms with van der Waals surface area (Å²) in [4.78, 5) is 0. The van der Waals surface area contributed by atoms with Crippen molar-refractivity contribution >= 4 is 68.8 Å². The summed E-state index contributed by atoms with van der Waals surface area (Å²) in [6.45, 7) is 0.574. The van der Waals surface area contributed by atoms with E-state index in [1.165, 1.54) is 36.3 Å². The van der Waals surface area contributed by atoms with E-state index in [0.29, 0.717) is 0 Å². The quantitative estimate of drug-likeness (QED) is 0.281. The molecule has 0 fully saturated rings. The van der Waals surface area contributed by atoms with Gasteiger partial charge < -0.3 is 0 Å². The smallest absolute Gasteiger partial charge is 0.0733 e. The van der Waals surface area contributed by atoms with Gasteiger partial charge in [0.1, 0.15) is 0 Å². The van der Waals surface area contributed by atoms with Crippen molar-refractivity contribution in [1.82, 2.24) is 0 Å².